The van der Waals surface area contributed by atoms with E-state index in [1.807, 2.05) is 83.6 Å². The topological polar surface area (TPSA) is 40.8 Å². The van der Waals surface area contributed by atoms with Crippen LogP contribution in [0.2, 0.25) is 0 Å². The van der Waals surface area contributed by atoms with Gasteiger partial charge in [0.05, 0.1) is 63.9 Å². The molecule has 0 amide bonds. The average molecular weight is 1040 g/mol. The summed E-state index contributed by atoms with van der Waals surface area (Å²) < 4.78 is 105. The number of nitrogens with zero attached hydrogens (tertiary/aromatic N) is 5. The Morgan fingerprint density at radius 1 is 0.475 bits per heavy atom. The van der Waals surface area contributed by atoms with E-state index >= 15 is 0 Å². The third-order valence-electron chi connectivity index (χ3n) is 15.2. The van der Waals surface area contributed by atoms with Crippen molar-refractivity contribution in [1.29, 1.82) is 0 Å². The van der Waals surface area contributed by atoms with Crippen molar-refractivity contribution >= 4 is 54.6 Å². The standard InChI is InChI=1S/C74H59N5O/c1-73(2,3)52-41-42-75-71(44-52)79-65-38-20-16-32-60(65)61-46-69(78-63-36-18-14-30-58(63)59-31-15-19-37-64(59)78)70(47-67(61)79)80-54-28-21-27-53(45-54)76-48-77(68-43-51(39-40-66(68)76)55-29-13-17-35-62(55)74(4,5)6)72-56(49-23-9-7-10-24-49)33-22-34-57(72)50-25-11-8-12-26-50/h7-47H,1-6H3/i7D,8D,9D,10D,11D,12D,23D,24D,25D,26D. The van der Waals surface area contributed by atoms with Gasteiger partial charge in [-0.2, -0.15) is 0 Å². The fourth-order valence-electron chi connectivity index (χ4n) is 11.5. The van der Waals surface area contributed by atoms with Gasteiger partial charge >= 0.3 is 0 Å². The summed E-state index contributed by atoms with van der Waals surface area (Å²) >= 11 is 0. The van der Waals surface area contributed by atoms with Crippen molar-refractivity contribution in [2.75, 3.05) is 0 Å². The van der Waals surface area contributed by atoms with E-state index in [1.54, 1.807) is 22.8 Å². The minimum Gasteiger partial charge on any atom is -0.456 e. The van der Waals surface area contributed by atoms with E-state index in [4.69, 9.17) is 17.9 Å². The van der Waals surface area contributed by atoms with Gasteiger partial charge in [-0.3, -0.25) is 13.7 Å². The number of benzene rings is 10. The molecule has 0 spiro atoms. The largest absolute Gasteiger partial charge is 0.456 e. The van der Waals surface area contributed by atoms with Crippen LogP contribution in [0.25, 0.3) is 111 Å². The maximum Gasteiger partial charge on any atom is 0.269 e. The van der Waals surface area contributed by atoms with Gasteiger partial charge in [-0.1, -0.05) is 217 Å². The van der Waals surface area contributed by atoms with Gasteiger partial charge < -0.3 is 9.30 Å². The van der Waals surface area contributed by atoms with Crippen LogP contribution in [0.5, 0.6) is 11.5 Å². The third-order valence-corrected chi connectivity index (χ3v) is 15.2. The smallest absolute Gasteiger partial charge is 0.269 e. The molecular weight excluding hydrogens is 975 g/mol. The molecule has 0 N–H and O–H groups in total. The first-order valence-corrected chi connectivity index (χ1v) is 26.8. The molecule has 0 radical (unpaired) electrons. The van der Waals surface area contributed by atoms with Gasteiger partial charge in [-0.15, -0.1) is 0 Å². The highest BCUT2D eigenvalue weighted by molar-refractivity contribution is 6.13. The number of fused-ring (bicyclic) bond motifs is 7. The van der Waals surface area contributed by atoms with E-state index in [0.717, 1.165) is 77.4 Å². The Labute approximate surface area is 480 Å². The Hall–Kier alpha value is -9.78. The molecule has 0 aliphatic rings. The summed E-state index contributed by atoms with van der Waals surface area (Å²) in [5.74, 6) is 1.79. The van der Waals surface area contributed by atoms with Crippen LogP contribution in [0.3, 0.4) is 0 Å². The van der Waals surface area contributed by atoms with Gasteiger partial charge in [-0.25, -0.2) is 4.98 Å². The van der Waals surface area contributed by atoms with Gasteiger partial charge in [0.1, 0.15) is 11.6 Å². The zero-order chi connectivity index (χ0) is 63.0. The van der Waals surface area contributed by atoms with Gasteiger partial charge in [0.25, 0.3) is 6.33 Å². The fraction of sp³-hybridized carbons (Fsp3) is 0.108. The molecule has 6 heteroatoms. The molecule has 0 saturated carbocycles. The maximum atomic E-state index is 9.36. The van der Waals surface area contributed by atoms with E-state index in [9.17, 15) is 5.48 Å². The van der Waals surface area contributed by atoms with Crippen LogP contribution in [0.15, 0.2) is 249 Å². The molecule has 80 heavy (non-hydrogen) atoms. The highest BCUT2D eigenvalue weighted by Gasteiger charge is 2.26. The summed E-state index contributed by atoms with van der Waals surface area (Å²) in [6.45, 7) is 13.0. The summed E-state index contributed by atoms with van der Waals surface area (Å²) in [4.78, 5) is 5.00. The third kappa shape index (κ3) is 8.26. The van der Waals surface area contributed by atoms with Crippen LogP contribution in [0.4, 0.5) is 0 Å². The Bertz CT molecular complexity index is 5140. The van der Waals surface area contributed by atoms with Crippen LogP contribution in [0.1, 0.15) is 66.4 Å². The zero-order valence-corrected chi connectivity index (χ0v) is 45.0. The van der Waals surface area contributed by atoms with Crippen LogP contribution < -0.4 is 9.30 Å². The second kappa shape index (κ2) is 19.0. The molecule has 6 nitrogen and oxygen atoms in total. The van der Waals surface area contributed by atoms with Crippen LogP contribution >= 0.6 is 0 Å². The molecule has 0 aliphatic carbocycles. The van der Waals surface area contributed by atoms with Crippen molar-refractivity contribution in [2.24, 2.45) is 0 Å². The van der Waals surface area contributed by atoms with Gasteiger partial charge in [-0.05, 0) is 116 Å². The highest BCUT2D eigenvalue weighted by atomic mass is 16.5. The van der Waals surface area contributed by atoms with Crippen molar-refractivity contribution < 1.29 is 23.0 Å². The van der Waals surface area contributed by atoms with Crippen molar-refractivity contribution in [1.82, 2.24) is 18.7 Å². The predicted octanol–water partition coefficient (Wildman–Crippen LogP) is 18.7. The quantitative estimate of drug-likeness (QED) is 0.107. The zero-order valence-electron chi connectivity index (χ0n) is 55.0. The number of imidazole rings is 1. The van der Waals surface area contributed by atoms with E-state index in [0.29, 0.717) is 28.2 Å². The van der Waals surface area contributed by atoms with Gasteiger partial charge in [0, 0.05) is 33.8 Å². The summed E-state index contributed by atoms with van der Waals surface area (Å²) in [6, 6.07) is 55.0. The molecule has 0 saturated heterocycles. The first-order valence-electron chi connectivity index (χ1n) is 31.8. The molecule has 4 heterocycles. The van der Waals surface area contributed by atoms with Crippen molar-refractivity contribution in [2.45, 2.75) is 52.4 Å². The Kier molecular flexibility index (Phi) is 9.19. The lowest BCUT2D eigenvalue weighted by Crippen LogP contribution is -2.31. The van der Waals surface area contributed by atoms with E-state index in [2.05, 4.69) is 148 Å². The Morgan fingerprint density at radius 2 is 1.06 bits per heavy atom. The lowest BCUT2D eigenvalue weighted by molar-refractivity contribution is -0.571. The van der Waals surface area contributed by atoms with E-state index in [1.165, 1.54) is 0 Å². The van der Waals surface area contributed by atoms with Crippen molar-refractivity contribution in [3.05, 3.63) is 266 Å². The molecule has 0 fully saturated rings. The van der Waals surface area contributed by atoms with Gasteiger partial charge in [0.15, 0.2) is 5.75 Å². The first kappa shape index (κ1) is 38.7. The first-order chi connectivity index (χ1) is 43.1. The van der Waals surface area contributed by atoms with Crippen molar-refractivity contribution in [3.8, 4) is 67.8 Å². The molecule has 0 atom stereocenters. The number of para-hydroxylation sites is 4. The number of aromatic nitrogens is 5. The molecule has 10 aromatic carbocycles. The molecule has 14 aromatic rings. The van der Waals surface area contributed by atoms with E-state index in [-0.39, 0.29) is 38.8 Å². The lowest BCUT2D eigenvalue weighted by Gasteiger charge is -2.23. The van der Waals surface area contributed by atoms with Gasteiger partial charge in [0.2, 0.25) is 0 Å². The molecule has 14 rings (SSSR count). The Morgan fingerprint density at radius 3 is 1.71 bits per heavy atom. The fourth-order valence-corrected chi connectivity index (χ4v) is 11.5. The second-order valence-corrected chi connectivity index (χ2v) is 22.3. The SMILES string of the molecule is [2H]c1c([2H])c([2H])c(-c2cccc(-c3c([2H])c([2H])c([2H])c([2H])c3[2H])c2-[n+]2[c-]n(-c3cccc(Oc4cc5c(cc4-n4c6ccccc6c6ccccc64)c4ccccc4n5-c4cc(C(C)(C)C)ccn4)c3)c3ccc(-c4ccccc4C(C)(C)C)cc32)c([2H])c1[2H]. The molecule has 0 bridgehead atoms. The van der Waals surface area contributed by atoms with E-state index < -0.39 is 60.4 Å². The summed E-state index contributed by atoms with van der Waals surface area (Å²) in [6.07, 6.45) is 5.50. The number of hydrogen-bond acceptors (Lipinski definition) is 2. The van der Waals surface area contributed by atoms with Crippen LogP contribution in [0, 0.1) is 6.33 Å². The molecule has 386 valence electrons. The number of rotatable bonds is 9. The Balaban J connectivity index is 1.04. The van der Waals surface area contributed by atoms with Crippen LogP contribution in [-0.2, 0) is 10.8 Å². The number of hydrogen-bond donors (Lipinski definition) is 0. The van der Waals surface area contributed by atoms with Crippen LogP contribution in [-0.4, -0.2) is 18.7 Å². The second-order valence-electron chi connectivity index (χ2n) is 22.3. The molecule has 0 unspecified atom stereocenters. The molecular formula is C74H59N5O. The summed E-state index contributed by atoms with van der Waals surface area (Å²) in [5, 5.41) is 4.22. The average Bonchev–Trinajstić information content (AvgIpc) is 1.53. The predicted molar refractivity (Wildman–Crippen MR) is 330 cm³/mol. The normalized spacial score (nSPS) is 13.9. The minimum atomic E-state index is -0.579. The highest BCUT2D eigenvalue weighted by Crippen LogP contribution is 2.44. The summed E-state index contributed by atoms with van der Waals surface area (Å²) in [7, 11) is 0. The molecule has 0 aliphatic heterocycles. The lowest BCUT2D eigenvalue weighted by atomic mass is 9.82. The number of pyridine rings is 1. The monoisotopic (exact) mass is 1040 g/mol. The minimum absolute atomic E-state index is 0.139. The molecule has 4 aromatic heterocycles. The summed E-state index contributed by atoms with van der Waals surface area (Å²) in [5.41, 5.74) is 10.1. The number of ether oxygens (including phenoxy) is 1. The van der Waals surface area contributed by atoms with Crippen molar-refractivity contribution in [3.63, 3.8) is 0 Å². The maximum absolute atomic E-state index is 9.36.